The van der Waals surface area contributed by atoms with E-state index in [4.69, 9.17) is 16.3 Å². The minimum absolute atomic E-state index is 0.0193. The van der Waals surface area contributed by atoms with Gasteiger partial charge in [0.1, 0.15) is 5.75 Å². The number of rotatable bonds is 9. The number of ether oxygens (including phenoxy) is 1. The summed E-state index contributed by atoms with van der Waals surface area (Å²) in [5.74, 6) is 0.637. The molecular weight excluding hydrogens is 370 g/mol. The van der Waals surface area contributed by atoms with Crippen molar-refractivity contribution in [1.82, 2.24) is 10.6 Å². The Bertz CT molecular complexity index is 794. The molecule has 0 spiro atoms. The lowest BCUT2D eigenvalue weighted by molar-refractivity contribution is -0.385. The number of amides is 1. The van der Waals surface area contributed by atoms with E-state index in [0.717, 1.165) is 5.56 Å². The van der Waals surface area contributed by atoms with Crippen molar-refractivity contribution in [3.63, 3.8) is 0 Å². The third-order valence-electron chi connectivity index (χ3n) is 3.58. The number of nitro benzene ring substituents is 1. The minimum atomic E-state index is -0.533. The summed E-state index contributed by atoms with van der Waals surface area (Å²) < 4.78 is 5.60. The Hall–Kier alpha value is -2.64. The van der Waals surface area contributed by atoms with E-state index in [1.54, 1.807) is 12.1 Å². The number of benzene rings is 2. The molecular formula is C19H22ClN3O4. The minimum Gasteiger partial charge on any atom is -0.450 e. The molecule has 144 valence electrons. The monoisotopic (exact) mass is 391 g/mol. The fourth-order valence-corrected chi connectivity index (χ4v) is 2.52. The predicted molar refractivity (Wildman–Crippen MR) is 104 cm³/mol. The molecule has 0 aliphatic rings. The molecule has 0 fully saturated rings. The highest BCUT2D eigenvalue weighted by atomic mass is 35.5. The first-order chi connectivity index (χ1) is 12.8. The van der Waals surface area contributed by atoms with Gasteiger partial charge in [0.05, 0.1) is 4.92 Å². The molecule has 2 N–H and O–H groups in total. The van der Waals surface area contributed by atoms with Crippen LogP contribution in [0.3, 0.4) is 0 Å². The highest BCUT2D eigenvalue weighted by molar-refractivity contribution is 6.30. The molecule has 0 aromatic heterocycles. The molecule has 0 radical (unpaired) electrons. The molecule has 27 heavy (non-hydrogen) atoms. The van der Waals surface area contributed by atoms with Crippen LogP contribution < -0.4 is 15.4 Å². The zero-order chi connectivity index (χ0) is 19.8. The zero-order valence-electron chi connectivity index (χ0n) is 15.2. The van der Waals surface area contributed by atoms with Crippen molar-refractivity contribution in [3.8, 4) is 11.5 Å². The van der Waals surface area contributed by atoms with Gasteiger partial charge in [0.2, 0.25) is 11.7 Å². The Morgan fingerprint density at radius 1 is 1.22 bits per heavy atom. The van der Waals surface area contributed by atoms with E-state index in [1.807, 2.05) is 26.0 Å². The first-order valence-corrected chi connectivity index (χ1v) is 8.94. The number of hydrogen-bond donors (Lipinski definition) is 2. The maximum Gasteiger partial charge on any atom is 0.313 e. The van der Waals surface area contributed by atoms with E-state index in [1.165, 1.54) is 18.2 Å². The van der Waals surface area contributed by atoms with Gasteiger partial charge in [-0.3, -0.25) is 14.9 Å². The third-order valence-corrected chi connectivity index (χ3v) is 3.81. The van der Waals surface area contributed by atoms with Gasteiger partial charge in [-0.1, -0.05) is 23.7 Å². The summed E-state index contributed by atoms with van der Waals surface area (Å²) in [5.41, 5.74) is 0.824. The van der Waals surface area contributed by atoms with Crippen LogP contribution >= 0.6 is 11.6 Å². The number of hydrogen-bond acceptors (Lipinski definition) is 5. The van der Waals surface area contributed by atoms with E-state index >= 15 is 0 Å². The van der Waals surface area contributed by atoms with Gasteiger partial charge in [-0.25, -0.2) is 0 Å². The van der Waals surface area contributed by atoms with Crippen molar-refractivity contribution < 1.29 is 14.5 Å². The van der Waals surface area contributed by atoms with Gasteiger partial charge in [-0.05, 0) is 43.7 Å². The quantitative estimate of drug-likeness (QED) is 0.382. The summed E-state index contributed by atoms with van der Waals surface area (Å²) in [6, 6.07) is 11.6. The fourth-order valence-electron chi connectivity index (χ4n) is 2.35. The molecule has 0 saturated heterocycles. The van der Waals surface area contributed by atoms with Crippen LogP contribution in [-0.4, -0.2) is 23.4 Å². The third kappa shape index (κ3) is 6.88. The molecule has 8 heteroatoms. The van der Waals surface area contributed by atoms with Crippen molar-refractivity contribution in [2.75, 3.05) is 6.54 Å². The number of nitro groups is 1. The van der Waals surface area contributed by atoms with Crippen LogP contribution in [0.5, 0.6) is 11.5 Å². The maximum atomic E-state index is 11.6. The summed E-state index contributed by atoms with van der Waals surface area (Å²) >= 11 is 5.80. The molecule has 0 unspecified atom stereocenters. The lowest BCUT2D eigenvalue weighted by Gasteiger charge is -2.10. The zero-order valence-corrected chi connectivity index (χ0v) is 16.0. The smallest absolute Gasteiger partial charge is 0.313 e. The molecule has 0 heterocycles. The van der Waals surface area contributed by atoms with Crippen molar-refractivity contribution in [2.24, 2.45) is 0 Å². The largest absolute Gasteiger partial charge is 0.450 e. The summed E-state index contributed by atoms with van der Waals surface area (Å²) in [4.78, 5) is 22.1. The first kappa shape index (κ1) is 20.7. The van der Waals surface area contributed by atoms with Crippen LogP contribution in [0.1, 0.15) is 25.8 Å². The fraction of sp³-hybridized carbons (Fsp3) is 0.316. The number of nitrogens with one attached hydrogen (secondary N) is 2. The topological polar surface area (TPSA) is 93.5 Å². The molecule has 0 atom stereocenters. The highest BCUT2D eigenvalue weighted by Crippen LogP contribution is 2.33. The van der Waals surface area contributed by atoms with Crippen LogP contribution in [0.15, 0.2) is 42.5 Å². The van der Waals surface area contributed by atoms with Crippen LogP contribution in [0.2, 0.25) is 5.02 Å². The molecule has 2 aromatic carbocycles. The lowest BCUT2D eigenvalue weighted by Crippen LogP contribution is -2.32. The van der Waals surface area contributed by atoms with E-state index < -0.39 is 4.92 Å². The average Bonchev–Trinajstić information content (AvgIpc) is 2.61. The second kappa shape index (κ2) is 9.89. The molecule has 2 aromatic rings. The summed E-state index contributed by atoms with van der Waals surface area (Å²) in [6.07, 6.45) is 0.416. The normalized spacial score (nSPS) is 10.7. The molecule has 7 nitrogen and oxygen atoms in total. The first-order valence-electron chi connectivity index (χ1n) is 8.56. The number of carbonyl (C=O) groups is 1. The summed E-state index contributed by atoms with van der Waals surface area (Å²) in [5, 5.41) is 17.4. The van der Waals surface area contributed by atoms with Gasteiger partial charge in [-0.15, -0.1) is 0 Å². The van der Waals surface area contributed by atoms with Crippen LogP contribution in [0, 0.1) is 10.1 Å². The van der Waals surface area contributed by atoms with Gasteiger partial charge < -0.3 is 15.4 Å². The van der Waals surface area contributed by atoms with E-state index in [2.05, 4.69) is 10.6 Å². The second-order valence-corrected chi connectivity index (χ2v) is 6.70. The van der Waals surface area contributed by atoms with E-state index in [-0.39, 0.29) is 28.4 Å². The van der Waals surface area contributed by atoms with Crippen molar-refractivity contribution in [2.45, 2.75) is 32.9 Å². The molecule has 0 saturated carbocycles. The second-order valence-electron chi connectivity index (χ2n) is 6.26. The Labute approximate surface area is 162 Å². The maximum absolute atomic E-state index is 11.6. The van der Waals surface area contributed by atoms with Crippen molar-refractivity contribution in [1.29, 1.82) is 0 Å². The predicted octanol–water partition coefficient (Wildman–Crippen LogP) is 4.04. The van der Waals surface area contributed by atoms with Gasteiger partial charge in [0, 0.05) is 36.6 Å². The molecule has 0 bridgehead atoms. The van der Waals surface area contributed by atoms with Gasteiger partial charge in [-0.2, -0.15) is 0 Å². The Morgan fingerprint density at radius 3 is 2.56 bits per heavy atom. The van der Waals surface area contributed by atoms with Crippen LogP contribution in [0.25, 0.3) is 0 Å². The standard InChI is InChI=1S/C19H22ClN3O4/c1-13(2)22-19(24)9-10-21-12-14-3-6-16(7-4-14)27-18-8-5-15(20)11-17(18)23(25)26/h3-8,11,13,21H,9-10,12H2,1-2H3,(H,22,24). The number of carbonyl (C=O) groups excluding carboxylic acids is 1. The lowest BCUT2D eigenvalue weighted by atomic mass is 10.2. The number of nitrogens with zero attached hydrogens (tertiary/aromatic N) is 1. The Kier molecular flexibility index (Phi) is 7.57. The van der Waals surface area contributed by atoms with E-state index in [0.29, 0.717) is 25.3 Å². The average molecular weight is 392 g/mol. The van der Waals surface area contributed by atoms with Crippen molar-refractivity contribution in [3.05, 3.63) is 63.2 Å². The Balaban J connectivity index is 1.87. The number of halogens is 1. The Morgan fingerprint density at radius 2 is 1.93 bits per heavy atom. The highest BCUT2D eigenvalue weighted by Gasteiger charge is 2.16. The van der Waals surface area contributed by atoms with Crippen LogP contribution in [-0.2, 0) is 11.3 Å². The van der Waals surface area contributed by atoms with Gasteiger partial charge in [0.25, 0.3) is 0 Å². The van der Waals surface area contributed by atoms with E-state index in [9.17, 15) is 14.9 Å². The molecule has 0 aliphatic carbocycles. The van der Waals surface area contributed by atoms with Gasteiger partial charge >= 0.3 is 5.69 Å². The SMILES string of the molecule is CC(C)NC(=O)CCNCc1ccc(Oc2ccc(Cl)cc2[N+](=O)[O-])cc1. The summed E-state index contributed by atoms with van der Waals surface area (Å²) in [7, 11) is 0. The summed E-state index contributed by atoms with van der Waals surface area (Å²) in [6.45, 7) is 5.03. The van der Waals surface area contributed by atoms with Crippen LogP contribution in [0.4, 0.5) is 5.69 Å². The molecule has 1 amide bonds. The molecule has 2 rings (SSSR count). The molecule has 0 aliphatic heterocycles. The van der Waals surface area contributed by atoms with Crippen molar-refractivity contribution >= 4 is 23.2 Å². The van der Waals surface area contributed by atoms with Gasteiger partial charge in [0.15, 0.2) is 0 Å².